The van der Waals surface area contributed by atoms with E-state index in [1.54, 1.807) is 6.92 Å². The van der Waals surface area contributed by atoms with E-state index in [1.165, 1.54) is 16.4 Å². The molecule has 1 aromatic rings. The van der Waals surface area contributed by atoms with E-state index in [9.17, 15) is 12.8 Å². The lowest BCUT2D eigenvalue weighted by molar-refractivity contribution is 0.349. The van der Waals surface area contributed by atoms with E-state index in [0.29, 0.717) is 25.2 Å². The highest BCUT2D eigenvalue weighted by Crippen LogP contribution is 2.34. The average molecular weight is 402 g/mol. The molecule has 0 aliphatic carbocycles. The van der Waals surface area contributed by atoms with E-state index in [-0.39, 0.29) is 27.2 Å². The zero-order chi connectivity index (χ0) is 15.1. The molecular formula is C13H19BrClFN2O2S. The minimum absolute atomic E-state index is 0. The summed E-state index contributed by atoms with van der Waals surface area (Å²) in [6.07, 6.45) is 0.740. The molecule has 1 aliphatic rings. The summed E-state index contributed by atoms with van der Waals surface area (Å²) in [5.74, 6) is -0.463. The molecule has 21 heavy (non-hydrogen) atoms. The molecule has 1 aromatic carbocycles. The van der Waals surface area contributed by atoms with E-state index in [4.69, 9.17) is 5.73 Å². The maximum absolute atomic E-state index is 13.4. The number of benzene rings is 1. The number of hydrogen-bond donors (Lipinski definition) is 1. The van der Waals surface area contributed by atoms with Gasteiger partial charge in [-0.05, 0) is 58.9 Å². The Labute approximate surface area is 139 Å². The van der Waals surface area contributed by atoms with Crippen molar-refractivity contribution in [3.8, 4) is 0 Å². The fourth-order valence-electron chi connectivity index (χ4n) is 2.40. The van der Waals surface area contributed by atoms with Gasteiger partial charge in [0.2, 0.25) is 10.0 Å². The molecule has 8 heteroatoms. The van der Waals surface area contributed by atoms with Gasteiger partial charge >= 0.3 is 0 Å². The summed E-state index contributed by atoms with van der Waals surface area (Å²) >= 11 is 3.04. The Morgan fingerprint density at radius 3 is 2.62 bits per heavy atom. The lowest BCUT2D eigenvalue weighted by Gasteiger charge is -2.23. The SMILES string of the molecule is Cc1cc(F)c(Br)cc1S(=O)(=O)N1CCC(C)(CN)C1.Cl. The van der Waals surface area contributed by atoms with Crippen LogP contribution in [0.15, 0.2) is 21.5 Å². The zero-order valence-corrected chi connectivity index (χ0v) is 15.1. The van der Waals surface area contributed by atoms with Gasteiger partial charge in [0.15, 0.2) is 0 Å². The fourth-order valence-corrected chi connectivity index (χ4v) is 4.71. The molecule has 2 rings (SSSR count). The van der Waals surface area contributed by atoms with Gasteiger partial charge in [-0.3, -0.25) is 0 Å². The molecule has 0 amide bonds. The third kappa shape index (κ3) is 3.59. The summed E-state index contributed by atoms with van der Waals surface area (Å²) in [7, 11) is -3.61. The van der Waals surface area contributed by atoms with Crippen molar-refractivity contribution in [2.24, 2.45) is 11.1 Å². The van der Waals surface area contributed by atoms with Crippen LogP contribution in [0.2, 0.25) is 0 Å². The van der Waals surface area contributed by atoms with Crippen molar-refractivity contribution in [1.29, 1.82) is 0 Å². The van der Waals surface area contributed by atoms with E-state index in [2.05, 4.69) is 15.9 Å². The first-order valence-corrected chi connectivity index (χ1v) is 8.59. The summed E-state index contributed by atoms with van der Waals surface area (Å²) in [6.45, 7) is 4.88. The minimum atomic E-state index is -3.61. The Balaban J connectivity index is 0.00000220. The highest BCUT2D eigenvalue weighted by Gasteiger charge is 2.39. The molecule has 0 spiro atoms. The van der Waals surface area contributed by atoms with Crippen molar-refractivity contribution in [3.05, 3.63) is 28.0 Å². The molecule has 4 nitrogen and oxygen atoms in total. The van der Waals surface area contributed by atoms with Crippen LogP contribution in [0, 0.1) is 18.2 Å². The summed E-state index contributed by atoms with van der Waals surface area (Å²) in [6, 6.07) is 2.56. The predicted molar refractivity (Wildman–Crippen MR) is 86.6 cm³/mol. The molecule has 120 valence electrons. The Hall–Kier alpha value is -0.210. The van der Waals surface area contributed by atoms with E-state index < -0.39 is 15.8 Å². The summed E-state index contributed by atoms with van der Waals surface area (Å²) < 4.78 is 40.4. The second-order valence-corrected chi connectivity index (χ2v) is 8.40. The molecule has 1 fully saturated rings. The van der Waals surface area contributed by atoms with Crippen LogP contribution >= 0.6 is 28.3 Å². The van der Waals surface area contributed by atoms with Crippen molar-refractivity contribution in [3.63, 3.8) is 0 Å². The van der Waals surface area contributed by atoms with Crippen LogP contribution in [-0.4, -0.2) is 32.4 Å². The van der Waals surface area contributed by atoms with Crippen molar-refractivity contribution in [1.82, 2.24) is 4.31 Å². The molecule has 0 bridgehead atoms. The van der Waals surface area contributed by atoms with Gasteiger partial charge in [0.1, 0.15) is 5.82 Å². The largest absolute Gasteiger partial charge is 0.330 e. The van der Waals surface area contributed by atoms with E-state index in [0.717, 1.165) is 6.42 Å². The van der Waals surface area contributed by atoms with E-state index in [1.807, 2.05) is 6.92 Å². The van der Waals surface area contributed by atoms with Crippen molar-refractivity contribution < 1.29 is 12.8 Å². The maximum Gasteiger partial charge on any atom is 0.243 e. The van der Waals surface area contributed by atoms with Crippen molar-refractivity contribution in [2.45, 2.75) is 25.2 Å². The Kier molecular flexibility index (Phi) is 5.83. The third-order valence-corrected chi connectivity index (χ3v) is 6.45. The van der Waals surface area contributed by atoms with Crippen LogP contribution < -0.4 is 5.73 Å². The number of sulfonamides is 1. The van der Waals surface area contributed by atoms with Gasteiger partial charge in [0, 0.05) is 13.1 Å². The molecule has 0 saturated carbocycles. The molecule has 2 N–H and O–H groups in total. The van der Waals surface area contributed by atoms with Crippen LogP contribution in [0.3, 0.4) is 0 Å². The van der Waals surface area contributed by atoms with Crippen molar-refractivity contribution in [2.75, 3.05) is 19.6 Å². The first kappa shape index (κ1) is 18.8. The van der Waals surface area contributed by atoms with Gasteiger partial charge < -0.3 is 5.73 Å². The Morgan fingerprint density at radius 1 is 1.48 bits per heavy atom. The molecule has 0 aromatic heterocycles. The molecule has 1 atom stereocenters. The van der Waals surface area contributed by atoms with Gasteiger partial charge in [-0.1, -0.05) is 6.92 Å². The Bertz CT molecular complexity index is 641. The highest BCUT2D eigenvalue weighted by molar-refractivity contribution is 9.10. The summed E-state index contributed by atoms with van der Waals surface area (Å²) in [5, 5.41) is 0. The van der Waals surface area contributed by atoms with Crippen LogP contribution in [0.4, 0.5) is 4.39 Å². The summed E-state index contributed by atoms with van der Waals surface area (Å²) in [5.41, 5.74) is 5.93. The smallest absolute Gasteiger partial charge is 0.243 e. The molecule has 1 aliphatic heterocycles. The highest BCUT2D eigenvalue weighted by atomic mass is 79.9. The molecule has 1 heterocycles. The average Bonchev–Trinajstić information content (AvgIpc) is 2.78. The minimum Gasteiger partial charge on any atom is -0.330 e. The lowest BCUT2D eigenvalue weighted by atomic mass is 9.90. The first-order chi connectivity index (χ1) is 9.19. The number of nitrogens with two attached hydrogens (primary N) is 1. The van der Waals surface area contributed by atoms with Gasteiger partial charge in [-0.15, -0.1) is 12.4 Å². The quantitative estimate of drug-likeness (QED) is 0.847. The molecule has 1 unspecified atom stereocenters. The predicted octanol–water partition coefficient (Wildman–Crippen LogP) is 2.68. The monoisotopic (exact) mass is 400 g/mol. The standard InChI is InChI=1S/C13H18BrFN2O2S.ClH/c1-9-5-11(15)10(14)6-12(9)20(18,19)17-4-3-13(2,7-16)8-17;/h5-6H,3-4,7-8,16H2,1-2H3;1H. The van der Waals surface area contributed by atoms with Crippen LogP contribution in [0.5, 0.6) is 0 Å². The molecular weight excluding hydrogens is 383 g/mol. The van der Waals surface area contributed by atoms with Gasteiger partial charge in [0.25, 0.3) is 0 Å². The van der Waals surface area contributed by atoms with Gasteiger partial charge in [-0.2, -0.15) is 4.31 Å². The number of halogens is 3. The van der Waals surface area contributed by atoms with Gasteiger partial charge in [-0.25, -0.2) is 12.8 Å². The number of hydrogen-bond acceptors (Lipinski definition) is 3. The van der Waals surface area contributed by atoms with Crippen LogP contribution in [0.25, 0.3) is 0 Å². The third-order valence-electron chi connectivity index (χ3n) is 3.85. The van der Waals surface area contributed by atoms with Gasteiger partial charge in [0.05, 0.1) is 9.37 Å². The first-order valence-electron chi connectivity index (χ1n) is 6.35. The second-order valence-electron chi connectivity index (χ2n) is 5.64. The number of aryl methyl sites for hydroxylation is 1. The maximum atomic E-state index is 13.4. The van der Waals surface area contributed by atoms with E-state index >= 15 is 0 Å². The topological polar surface area (TPSA) is 63.4 Å². The molecule has 0 radical (unpaired) electrons. The number of nitrogens with zero attached hydrogens (tertiary/aromatic N) is 1. The second kappa shape index (κ2) is 6.50. The number of rotatable bonds is 3. The van der Waals surface area contributed by atoms with Crippen LogP contribution in [0.1, 0.15) is 18.9 Å². The normalized spacial score (nSPS) is 23.1. The zero-order valence-electron chi connectivity index (χ0n) is 11.9. The lowest BCUT2D eigenvalue weighted by Crippen LogP contribution is -2.34. The van der Waals surface area contributed by atoms with Crippen LogP contribution in [-0.2, 0) is 10.0 Å². The fraction of sp³-hybridized carbons (Fsp3) is 0.538. The van der Waals surface area contributed by atoms with Crippen molar-refractivity contribution >= 4 is 38.4 Å². The molecule has 1 saturated heterocycles. The Morgan fingerprint density at radius 2 is 2.10 bits per heavy atom. The summed E-state index contributed by atoms with van der Waals surface area (Å²) in [4.78, 5) is 0.145.